The van der Waals surface area contributed by atoms with Gasteiger partial charge in [0, 0.05) is 0 Å². The van der Waals surface area contributed by atoms with E-state index in [0.717, 1.165) is 4.68 Å². The zero-order valence-corrected chi connectivity index (χ0v) is 8.07. The van der Waals surface area contributed by atoms with Gasteiger partial charge in [-0.2, -0.15) is 13.2 Å². The van der Waals surface area contributed by atoms with Crippen molar-refractivity contribution < 1.29 is 13.2 Å². The minimum Gasteiger partial charge on any atom is -0.255 e. The second-order valence-corrected chi connectivity index (χ2v) is 3.16. The Morgan fingerprint density at radius 1 is 1.44 bits per heavy atom. The molecule has 2 aromatic heterocycles. The number of fused-ring (bicyclic) bond motifs is 1. The van der Waals surface area contributed by atoms with E-state index in [9.17, 15) is 13.2 Å². The molecule has 0 amide bonds. The van der Waals surface area contributed by atoms with Crippen molar-refractivity contribution in [1.29, 1.82) is 0 Å². The van der Waals surface area contributed by atoms with Gasteiger partial charge < -0.3 is 0 Å². The maximum absolute atomic E-state index is 12.2. The number of rotatable bonds is 2. The summed E-state index contributed by atoms with van der Waals surface area (Å²) in [6.07, 6.45) is -1.53. The molecule has 0 aromatic carbocycles. The Labute approximate surface area is 88.4 Å². The summed E-state index contributed by atoms with van der Waals surface area (Å²) in [6.45, 7) is 2.34. The quantitative estimate of drug-likeness (QED) is 0.789. The highest BCUT2D eigenvalue weighted by molar-refractivity contribution is 5.75. The normalized spacial score (nSPS) is 11.9. The third-order valence-electron chi connectivity index (χ3n) is 1.96. The molecule has 0 saturated heterocycles. The summed E-state index contributed by atoms with van der Waals surface area (Å²) >= 11 is 0. The first-order valence-electron chi connectivity index (χ1n) is 4.38. The number of aromatic nitrogens is 4. The van der Waals surface area contributed by atoms with Crippen LogP contribution < -0.4 is 0 Å². The Balaban J connectivity index is 2.45. The minimum absolute atomic E-state index is 0.253. The van der Waals surface area contributed by atoms with Gasteiger partial charge in [-0.3, -0.25) is 4.98 Å². The van der Waals surface area contributed by atoms with Crippen molar-refractivity contribution in [3.63, 3.8) is 0 Å². The van der Waals surface area contributed by atoms with Gasteiger partial charge in [0.25, 0.3) is 0 Å². The highest BCUT2D eigenvalue weighted by Crippen LogP contribution is 2.20. The van der Waals surface area contributed by atoms with Gasteiger partial charge in [-0.1, -0.05) is 11.8 Å². The Kier molecular flexibility index (Phi) is 2.37. The second kappa shape index (κ2) is 3.58. The summed E-state index contributed by atoms with van der Waals surface area (Å²) in [5.74, 6) is 0. The molecule has 0 fully saturated rings. The van der Waals surface area contributed by atoms with Crippen molar-refractivity contribution in [3.05, 3.63) is 24.5 Å². The molecule has 0 aliphatic carbocycles. The summed E-state index contributed by atoms with van der Waals surface area (Å²) in [4.78, 5) is 3.90. The second-order valence-electron chi connectivity index (χ2n) is 3.16. The monoisotopic (exact) mass is 228 g/mol. The number of alkyl halides is 3. The molecular weight excluding hydrogens is 221 g/mol. The third-order valence-corrected chi connectivity index (χ3v) is 1.96. The molecule has 0 unspecified atom stereocenters. The Bertz CT molecular complexity index is 529. The van der Waals surface area contributed by atoms with E-state index in [4.69, 9.17) is 0 Å². The van der Waals surface area contributed by atoms with E-state index in [1.54, 1.807) is 0 Å². The van der Waals surface area contributed by atoms with Crippen LogP contribution in [0.25, 0.3) is 17.1 Å². The highest BCUT2D eigenvalue weighted by atomic mass is 19.4. The lowest BCUT2D eigenvalue weighted by Crippen LogP contribution is -2.18. The molecule has 0 aliphatic rings. The fraction of sp³-hybridized carbons (Fsp3) is 0.222. The van der Waals surface area contributed by atoms with Gasteiger partial charge in [-0.15, -0.1) is 5.10 Å². The topological polar surface area (TPSA) is 43.6 Å². The van der Waals surface area contributed by atoms with Crippen molar-refractivity contribution in [2.45, 2.75) is 12.7 Å². The van der Waals surface area contributed by atoms with Crippen LogP contribution in [0.15, 0.2) is 18.8 Å². The average molecular weight is 228 g/mol. The fourth-order valence-corrected chi connectivity index (χ4v) is 1.28. The van der Waals surface area contributed by atoms with Crippen LogP contribution in [0.1, 0.15) is 5.69 Å². The van der Waals surface area contributed by atoms with Gasteiger partial charge >= 0.3 is 6.18 Å². The summed E-state index contributed by atoms with van der Waals surface area (Å²) < 4.78 is 37.3. The van der Waals surface area contributed by atoms with Crippen LogP contribution in [0.3, 0.4) is 0 Å². The summed E-state index contributed by atoms with van der Waals surface area (Å²) in [5.41, 5.74) is 1.17. The molecule has 0 bridgehead atoms. The molecule has 4 nitrogen and oxygen atoms in total. The molecule has 0 spiro atoms. The zero-order valence-electron chi connectivity index (χ0n) is 8.07. The molecule has 2 heterocycles. The fourth-order valence-electron chi connectivity index (χ4n) is 1.28. The van der Waals surface area contributed by atoms with Crippen LogP contribution in [-0.4, -0.2) is 26.2 Å². The summed E-state index contributed by atoms with van der Waals surface area (Å²) in [7, 11) is 0. The van der Waals surface area contributed by atoms with Crippen molar-refractivity contribution in [2.75, 3.05) is 0 Å². The number of pyridine rings is 1. The highest BCUT2D eigenvalue weighted by Gasteiger charge is 2.29. The molecule has 0 atom stereocenters. The van der Waals surface area contributed by atoms with Gasteiger partial charge in [0.05, 0.1) is 11.9 Å². The van der Waals surface area contributed by atoms with E-state index in [1.165, 1.54) is 18.3 Å². The molecule has 84 valence electrons. The molecule has 0 radical (unpaired) electrons. The number of halogens is 3. The SMILES string of the molecule is C=Cc1cc2nnn(CC(F)(F)F)c2cn1. The van der Waals surface area contributed by atoms with Crippen LogP contribution in [0.4, 0.5) is 13.2 Å². The van der Waals surface area contributed by atoms with Crippen LogP contribution in [0, 0.1) is 0 Å². The van der Waals surface area contributed by atoms with E-state index in [2.05, 4.69) is 21.9 Å². The van der Waals surface area contributed by atoms with Gasteiger partial charge in [-0.25, -0.2) is 4.68 Å². The van der Waals surface area contributed by atoms with Gasteiger partial charge in [-0.05, 0) is 12.1 Å². The molecule has 0 aliphatic heterocycles. The molecule has 2 aromatic rings. The predicted octanol–water partition coefficient (Wildman–Crippen LogP) is 2.03. The maximum Gasteiger partial charge on any atom is 0.408 e. The number of nitrogens with zero attached hydrogens (tertiary/aromatic N) is 4. The van der Waals surface area contributed by atoms with E-state index < -0.39 is 12.7 Å². The van der Waals surface area contributed by atoms with Crippen molar-refractivity contribution in [2.24, 2.45) is 0 Å². The first-order valence-corrected chi connectivity index (χ1v) is 4.38. The average Bonchev–Trinajstić information content (AvgIpc) is 2.58. The lowest BCUT2D eigenvalue weighted by atomic mass is 10.3. The Morgan fingerprint density at radius 2 is 2.19 bits per heavy atom. The molecule has 16 heavy (non-hydrogen) atoms. The van der Waals surface area contributed by atoms with Crippen LogP contribution >= 0.6 is 0 Å². The smallest absolute Gasteiger partial charge is 0.255 e. The first-order chi connectivity index (χ1) is 7.49. The van der Waals surface area contributed by atoms with Crippen molar-refractivity contribution >= 4 is 17.1 Å². The largest absolute Gasteiger partial charge is 0.408 e. The van der Waals surface area contributed by atoms with Crippen molar-refractivity contribution in [3.8, 4) is 0 Å². The van der Waals surface area contributed by atoms with Gasteiger partial charge in [0.15, 0.2) is 0 Å². The van der Waals surface area contributed by atoms with Crippen molar-refractivity contribution in [1.82, 2.24) is 20.0 Å². The van der Waals surface area contributed by atoms with E-state index in [1.807, 2.05) is 0 Å². The van der Waals surface area contributed by atoms with Gasteiger partial charge in [0.1, 0.15) is 17.6 Å². The lowest BCUT2D eigenvalue weighted by molar-refractivity contribution is -0.142. The first kappa shape index (κ1) is 10.6. The summed E-state index contributed by atoms with van der Waals surface area (Å²) in [5, 5.41) is 7.07. The molecule has 0 N–H and O–H groups in total. The lowest BCUT2D eigenvalue weighted by Gasteiger charge is -2.05. The van der Waals surface area contributed by atoms with Crippen LogP contribution in [0.5, 0.6) is 0 Å². The number of hydrogen-bond acceptors (Lipinski definition) is 3. The number of hydrogen-bond donors (Lipinski definition) is 0. The molecule has 0 saturated carbocycles. The minimum atomic E-state index is -4.32. The van der Waals surface area contributed by atoms with Gasteiger partial charge in [0.2, 0.25) is 0 Å². The standard InChI is InChI=1S/C9H7F3N4/c1-2-6-3-7-8(4-13-6)16(15-14-7)5-9(10,11)12/h2-4H,1,5H2. The van der Waals surface area contributed by atoms with E-state index >= 15 is 0 Å². The maximum atomic E-state index is 12.2. The molecular formula is C9H7F3N4. The predicted molar refractivity (Wildman–Crippen MR) is 51.5 cm³/mol. The molecule has 7 heteroatoms. The Hall–Kier alpha value is -1.92. The third kappa shape index (κ3) is 2.02. The van der Waals surface area contributed by atoms with Crippen LogP contribution in [-0.2, 0) is 6.54 Å². The van der Waals surface area contributed by atoms with E-state index in [-0.39, 0.29) is 5.52 Å². The van der Waals surface area contributed by atoms with E-state index in [0.29, 0.717) is 11.2 Å². The Morgan fingerprint density at radius 3 is 2.81 bits per heavy atom. The van der Waals surface area contributed by atoms with Crippen LogP contribution in [0.2, 0.25) is 0 Å². The molecule has 2 rings (SSSR count). The zero-order chi connectivity index (χ0) is 11.8. The summed E-state index contributed by atoms with van der Waals surface area (Å²) in [6, 6.07) is 1.53.